The van der Waals surface area contributed by atoms with Crippen molar-refractivity contribution in [2.75, 3.05) is 6.61 Å². The fraction of sp³-hybridized carbons (Fsp3) is 0.333. The molecule has 7 heteroatoms. The molecule has 0 saturated heterocycles. The third kappa shape index (κ3) is 5.70. The van der Waals surface area contributed by atoms with Crippen LogP contribution < -0.4 is 10.1 Å². The second-order valence-corrected chi connectivity index (χ2v) is 5.51. The number of benzene rings is 2. The highest BCUT2D eigenvalue weighted by Gasteiger charge is 2.23. The lowest BCUT2D eigenvalue weighted by Gasteiger charge is -2.14. The minimum Gasteiger partial charge on any atom is -0.493 e. The minimum absolute atomic E-state index is 0.00220. The summed E-state index contributed by atoms with van der Waals surface area (Å²) in [5.41, 5.74) is 0. The van der Waals surface area contributed by atoms with E-state index in [1.807, 2.05) is 42.5 Å². The Bertz CT molecular complexity index is 731. The summed E-state index contributed by atoms with van der Waals surface area (Å²) in [6, 6.07) is 11.8. The molecule has 0 spiro atoms. The first kappa shape index (κ1) is 18.6. The monoisotopic (exact) mass is 351 g/mol. The maximum atomic E-state index is 12.3. The number of fused-ring (bicyclic) bond motifs is 1. The van der Waals surface area contributed by atoms with Gasteiger partial charge in [0.05, 0.1) is 6.61 Å². The molecule has 0 fully saturated rings. The number of amides is 1. The number of ether oxygens (including phenoxy) is 1. The van der Waals surface area contributed by atoms with Crippen molar-refractivity contribution >= 4 is 22.6 Å². The van der Waals surface area contributed by atoms with Crippen LogP contribution in [0.25, 0.3) is 10.8 Å². The van der Waals surface area contributed by atoms with E-state index >= 15 is 0 Å². The van der Waals surface area contributed by atoms with Crippen LogP contribution in [0.3, 0.4) is 0 Å². The molecule has 0 saturated carbocycles. The number of carbonyl (C=O) groups is 2. The predicted octanol–water partition coefficient (Wildman–Crippen LogP) is 3.22. The highest BCUT2D eigenvalue weighted by Crippen LogP contribution is 2.25. The molecule has 5 nitrogen and oxygen atoms in total. The van der Waals surface area contributed by atoms with Gasteiger partial charge >= 0.3 is 5.97 Å². The molecule has 0 aliphatic carbocycles. The van der Waals surface area contributed by atoms with Crippen molar-refractivity contribution in [2.24, 2.45) is 0 Å². The molecule has 0 radical (unpaired) electrons. The Morgan fingerprint density at radius 2 is 1.84 bits per heavy atom. The number of carbonyl (C=O) groups excluding carboxylic acids is 1. The summed E-state index contributed by atoms with van der Waals surface area (Å²) in [6.45, 7) is 0.258. The van der Waals surface area contributed by atoms with E-state index in [0.717, 1.165) is 10.8 Å². The highest BCUT2D eigenvalue weighted by atomic mass is 19.3. The van der Waals surface area contributed by atoms with Crippen molar-refractivity contribution in [3.05, 3.63) is 42.5 Å². The molecular weight excluding hydrogens is 332 g/mol. The van der Waals surface area contributed by atoms with Crippen molar-refractivity contribution in [1.29, 1.82) is 0 Å². The van der Waals surface area contributed by atoms with Gasteiger partial charge in [0.15, 0.2) is 0 Å². The summed E-state index contributed by atoms with van der Waals surface area (Å²) in [6.07, 6.45) is -3.36. The number of rotatable bonds is 9. The van der Waals surface area contributed by atoms with E-state index in [9.17, 15) is 18.4 Å². The Kier molecular flexibility index (Phi) is 6.68. The zero-order chi connectivity index (χ0) is 18.2. The second-order valence-electron chi connectivity index (χ2n) is 5.51. The second kappa shape index (κ2) is 8.96. The first-order valence-corrected chi connectivity index (χ1v) is 7.88. The van der Waals surface area contributed by atoms with E-state index in [1.54, 1.807) is 0 Å². The number of carboxylic acids is 1. The molecule has 2 N–H and O–H groups in total. The number of alkyl halides is 2. The Hall–Kier alpha value is -2.70. The van der Waals surface area contributed by atoms with Gasteiger partial charge in [0.25, 0.3) is 0 Å². The number of aliphatic carboxylic acids is 1. The van der Waals surface area contributed by atoms with Gasteiger partial charge < -0.3 is 15.2 Å². The van der Waals surface area contributed by atoms with Crippen LogP contribution in [0.15, 0.2) is 42.5 Å². The van der Waals surface area contributed by atoms with Crippen LogP contribution in [0.2, 0.25) is 0 Å². The third-order valence-electron chi connectivity index (χ3n) is 3.60. The van der Waals surface area contributed by atoms with E-state index < -0.39 is 30.8 Å². The number of hydrogen-bond donors (Lipinski definition) is 2. The number of halogens is 2. The first-order valence-electron chi connectivity index (χ1n) is 7.88. The van der Waals surface area contributed by atoms with E-state index in [-0.39, 0.29) is 13.0 Å². The summed E-state index contributed by atoms with van der Waals surface area (Å²) in [7, 11) is 0. The van der Waals surface area contributed by atoms with E-state index in [2.05, 4.69) is 5.32 Å². The summed E-state index contributed by atoms with van der Waals surface area (Å²) in [5.74, 6) is -1.37. The largest absolute Gasteiger partial charge is 0.493 e. The fourth-order valence-electron chi connectivity index (χ4n) is 2.40. The maximum Gasteiger partial charge on any atom is 0.326 e. The predicted molar refractivity (Wildman–Crippen MR) is 88.9 cm³/mol. The summed E-state index contributed by atoms with van der Waals surface area (Å²) in [4.78, 5) is 22.5. The molecular formula is C18H19F2NO4. The van der Waals surface area contributed by atoms with Crippen molar-refractivity contribution in [1.82, 2.24) is 5.32 Å². The first-order chi connectivity index (χ1) is 12.0. The Morgan fingerprint density at radius 3 is 2.56 bits per heavy atom. The van der Waals surface area contributed by atoms with Crippen molar-refractivity contribution in [2.45, 2.75) is 31.7 Å². The number of nitrogens with one attached hydrogen (secondary N) is 1. The quantitative estimate of drug-likeness (QED) is 0.680. The van der Waals surface area contributed by atoms with Gasteiger partial charge in [-0.1, -0.05) is 36.4 Å². The molecule has 1 amide bonds. The molecule has 0 aromatic heterocycles. The zero-order valence-electron chi connectivity index (χ0n) is 13.5. The van der Waals surface area contributed by atoms with E-state index in [4.69, 9.17) is 9.84 Å². The van der Waals surface area contributed by atoms with Gasteiger partial charge in [-0.25, -0.2) is 13.6 Å². The molecule has 1 atom stereocenters. The van der Waals surface area contributed by atoms with E-state index in [0.29, 0.717) is 12.2 Å². The van der Waals surface area contributed by atoms with Gasteiger partial charge in [-0.05, 0) is 17.9 Å². The summed E-state index contributed by atoms with van der Waals surface area (Å²) in [5, 5.41) is 12.9. The standard InChI is InChI=1S/C18H19F2NO4/c19-16(20)11-14(18(23)24)21-17(22)9-4-10-25-15-8-3-6-12-5-1-2-7-13(12)15/h1-3,5-8,14,16H,4,9-11H2,(H,21,22)(H,23,24). The Balaban J connectivity index is 1.80. The number of carboxylic acid groups (broad SMARTS) is 1. The lowest BCUT2D eigenvalue weighted by molar-refractivity contribution is -0.143. The van der Waals surface area contributed by atoms with Gasteiger partial charge in [0.1, 0.15) is 11.8 Å². The smallest absolute Gasteiger partial charge is 0.326 e. The number of hydrogen-bond acceptors (Lipinski definition) is 3. The molecule has 25 heavy (non-hydrogen) atoms. The lowest BCUT2D eigenvalue weighted by atomic mass is 10.1. The minimum atomic E-state index is -2.80. The van der Waals surface area contributed by atoms with E-state index in [1.165, 1.54) is 0 Å². The van der Waals surface area contributed by atoms with Crippen molar-refractivity contribution < 1.29 is 28.2 Å². The topological polar surface area (TPSA) is 75.6 Å². The molecule has 134 valence electrons. The van der Waals surface area contributed by atoms with Gasteiger partial charge in [0, 0.05) is 18.2 Å². The van der Waals surface area contributed by atoms with Crippen LogP contribution in [-0.4, -0.2) is 36.1 Å². The van der Waals surface area contributed by atoms with Crippen LogP contribution in [0.4, 0.5) is 8.78 Å². The third-order valence-corrected chi connectivity index (χ3v) is 3.60. The van der Waals surface area contributed by atoms with Crippen LogP contribution in [0.1, 0.15) is 19.3 Å². The molecule has 0 aliphatic heterocycles. The molecule has 2 aromatic carbocycles. The molecule has 0 bridgehead atoms. The average Bonchev–Trinajstić information content (AvgIpc) is 2.57. The molecule has 1 unspecified atom stereocenters. The molecule has 0 heterocycles. The van der Waals surface area contributed by atoms with Crippen LogP contribution in [-0.2, 0) is 9.59 Å². The Labute approximate surface area is 143 Å². The van der Waals surface area contributed by atoms with Gasteiger partial charge in [-0.3, -0.25) is 4.79 Å². The molecule has 2 rings (SSSR count). The van der Waals surface area contributed by atoms with Gasteiger partial charge in [-0.2, -0.15) is 0 Å². The summed E-state index contributed by atoms with van der Waals surface area (Å²) < 4.78 is 30.2. The van der Waals surface area contributed by atoms with Crippen molar-refractivity contribution in [3.8, 4) is 5.75 Å². The fourth-order valence-corrected chi connectivity index (χ4v) is 2.40. The average molecular weight is 351 g/mol. The van der Waals surface area contributed by atoms with Gasteiger partial charge in [-0.15, -0.1) is 0 Å². The molecule has 0 aliphatic rings. The molecule has 2 aromatic rings. The maximum absolute atomic E-state index is 12.3. The zero-order valence-corrected chi connectivity index (χ0v) is 13.5. The summed E-state index contributed by atoms with van der Waals surface area (Å²) >= 11 is 0. The van der Waals surface area contributed by atoms with Crippen LogP contribution in [0.5, 0.6) is 5.75 Å². The normalized spacial score (nSPS) is 12.1. The van der Waals surface area contributed by atoms with Crippen LogP contribution in [0, 0.1) is 0 Å². The van der Waals surface area contributed by atoms with Crippen LogP contribution >= 0.6 is 0 Å². The lowest BCUT2D eigenvalue weighted by Crippen LogP contribution is -2.42. The van der Waals surface area contributed by atoms with Gasteiger partial charge in [0.2, 0.25) is 12.3 Å². The van der Waals surface area contributed by atoms with Crippen molar-refractivity contribution in [3.63, 3.8) is 0 Å². The highest BCUT2D eigenvalue weighted by molar-refractivity contribution is 5.88. The SMILES string of the molecule is O=C(CCCOc1cccc2ccccc12)NC(CC(F)F)C(=O)O. The Morgan fingerprint density at radius 1 is 1.12 bits per heavy atom.